The van der Waals surface area contributed by atoms with E-state index < -0.39 is 11.8 Å². The van der Waals surface area contributed by atoms with Crippen molar-refractivity contribution in [3.63, 3.8) is 0 Å². The molecule has 2 heterocycles. The molecule has 3 aromatic rings. The minimum absolute atomic E-state index is 0.158. The van der Waals surface area contributed by atoms with Crippen LogP contribution >= 0.6 is 0 Å². The molecule has 0 spiro atoms. The molecule has 1 saturated carbocycles. The predicted octanol–water partition coefficient (Wildman–Crippen LogP) is 3.26. The van der Waals surface area contributed by atoms with Gasteiger partial charge in [0.15, 0.2) is 0 Å². The second-order valence-electron chi connectivity index (χ2n) is 8.21. The van der Waals surface area contributed by atoms with Gasteiger partial charge in [0.2, 0.25) is 0 Å². The van der Waals surface area contributed by atoms with Crippen molar-refractivity contribution in [1.82, 2.24) is 19.8 Å². The van der Waals surface area contributed by atoms with Gasteiger partial charge < -0.3 is 9.80 Å². The molecule has 5 rings (SSSR count). The third-order valence-electron chi connectivity index (χ3n) is 6.31. The Morgan fingerprint density at radius 2 is 1.42 bits per heavy atom. The van der Waals surface area contributed by atoms with E-state index in [1.54, 1.807) is 22.2 Å². The lowest BCUT2D eigenvalue weighted by atomic mass is 9.75. The first kappa shape index (κ1) is 19.4. The van der Waals surface area contributed by atoms with Crippen molar-refractivity contribution in [1.29, 1.82) is 0 Å². The minimum atomic E-state index is -0.454. The fourth-order valence-corrected chi connectivity index (χ4v) is 4.42. The first-order valence-corrected chi connectivity index (χ1v) is 10.7. The van der Waals surface area contributed by atoms with E-state index in [-0.39, 0.29) is 12.6 Å². The Balaban J connectivity index is 1.18. The molecule has 6 heteroatoms. The molecule has 1 aliphatic heterocycles. The van der Waals surface area contributed by atoms with Crippen molar-refractivity contribution in [3.8, 4) is 11.1 Å². The Labute approximate surface area is 181 Å². The zero-order valence-corrected chi connectivity index (χ0v) is 17.2. The fraction of sp³-hybridized carbons (Fsp3) is 0.280. The van der Waals surface area contributed by atoms with E-state index >= 15 is 0 Å². The second kappa shape index (κ2) is 8.30. The summed E-state index contributed by atoms with van der Waals surface area (Å²) in [6, 6.07) is 20.4. The lowest BCUT2D eigenvalue weighted by Crippen LogP contribution is -2.59. The van der Waals surface area contributed by atoms with E-state index in [4.69, 9.17) is 0 Å². The van der Waals surface area contributed by atoms with Gasteiger partial charge in [-0.2, -0.15) is 0 Å². The van der Waals surface area contributed by atoms with Gasteiger partial charge in [0, 0.05) is 37.1 Å². The molecule has 156 valence electrons. The van der Waals surface area contributed by atoms with Gasteiger partial charge >= 0.3 is 11.8 Å². The molecule has 6 nitrogen and oxygen atoms in total. The minimum Gasteiger partial charge on any atom is -0.330 e. The fourth-order valence-electron chi connectivity index (χ4n) is 4.42. The first-order chi connectivity index (χ1) is 15.2. The number of nitrogens with zero attached hydrogens (tertiary/aromatic N) is 4. The maximum Gasteiger partial charge on any atom is 0.312 e. The lowest BCUT2D eigenvalue weighted by Gasteiger charge is -2.45. The van der Waals surface area contributed by atoms with Crippen molar-refractivity contribution in [2.75, 3.05) is 13.1 Å². The normalized spacial score (nSPS) is 21.2. The van der Waals surface area contributed by atoms with E-state index in [0.29, 0.717) is 24.8 Å². The Kier molecular flexibility index (Phi) is 5.20. The van der Waals surface area contributed by atoms with Crippen LogP contribution in [0.4, 0.5) is 0 Å². The zero-order chi connectivity index (χ0) is 21.2. The van der Waals surface area contributed by atoms with Crippen LogP contribution in [-0.2, 0) is 16.1 Å². The Hall–Kier alpha value is -3.54. The highest BCUT2D eigenvalue weighted by molar-refractivity contribution is 6.35. The summed E-state index contributed by atoms with van der Waals surface area (Å²) in [6.07, 6.45) is 5.37. The highest BCUT2D eigenvalue weighted by atomic mass is 16.2. The van der Waals surface area contributed by atoms with E-state index in [9.17, 15) is 9.59 Å². The molecule has 0 radical (unpaired) electrons. The third-order valence-corrected chi connectivity index (χ3v) is 6.31. The summed E-state index contributed by atoms with van der Waals surface area (Å²) in [4.78, 5) is 37.6. The van der Waals surface area contributed by atoms with Gasteiger partial charge in [0.1, 0.15) is 5.82 Å². The summed E-state index contributed by atoms with van der Waals surface area (Å²) in [7, 11) is 0. The average Bonchev–Trinajstić information content (AvgIpc) is 2.79. The molecule has 0 atom stereocenters. The summed E-state index contributed by atoms with van der Waals surface area (Å²) < 4.78 is 0. The van der Waals surface area contributed by atoms with Crippen LogP contribution in [0, 0.1) is 0 Å². The summed E-state index contributed by atoms with van der Waals surface area (Å²) >= 11 is 0. The Bertz CT molecular complexity index is 1060. The standard InChI is InChI=1S/C25H24N4O2/c30-24-25(31)29(22-13-20(14-22)18-7-3-1-4-8-18)12-11-28(24)17-23-26-15-21(16-27-23)19-9-5-2-6-10-19/h1-10,15-16,20,22H,11-14,17H2. The first-order valence-electron chi connectivity index (χ1n) is 10.7. The molecule has 2 amide bonds. The van der Waals surface area contributed by atoms with Gasteiger partial charge in [-0.15, -0.1) is 0 Å². The summed E-state index contributed by atoms with van der Waals surface area (Å²) in [5.41, 5.74) is 3.28. The second-order valence-corrected chi connectivity index (χ2v) is 8.21. The molecule has 0 bridgehead atoms. The number of carbonyl (C=O) groups excluding carboxylic acids is 2. The van der Waals surface area contributed by atoms with Crippen molar-refractivity contribution in [2.45, 2.75) is 31.3 Å². The van der Waals surface area contributed by atoms with Gasteiger partial charge in [-0.25, -0.2) is 9.97 Å². The maximum atomic E-state index is 12.7. The highest BCUT2D eigenvalue weighted by Crippen LogP contribution is 2.40. The lowest BCUT2D eigenvalue weighted by molar-refractivity contribution is -0.159. The smallest absolute Gasteiger partial charge is 0.312 e. The molecular weight excluding hydrogens is 388 g/mol. The maximum absolute atomic E-state index is 12.7. The number of piperazine rings is 1. The number of aromatic nitrogens is 2. The summed E-state index contributed by atoms with van der Waals surface area (Å²) in [6.45, 7) is 1.34. The molecular formula is C25H24N4O2. The Morgan fingerprint density at radius 1 is 0.774 bits per heavy atom. The monoisotopic (exact) mass is 412 g/mol. The average molecular weight is 412 g/mol. The number of hydrogen-bond acceptors (Lipinski definition) is 4. The van der Waals surface area contributed by atoms with Crippen molar-refractivity contribution in [2.24, 2.45) is 0 Å². The van der Waals surface area contributed by atoms with Crippen molar-refractivity contribution in [3.05, 3.63) is 84.4 Å². The predicted molar refractivity (Wildman–Crippen MR) is 117 cm³/mol. The van der Waals surface area contributed by atoms with Crippen molar-refractivity contribution < 1.29 is 9.59 Å². The van der Waals surface area contributed by atoms with Gasteiger partial charge in [-0.05, 0) is 29.9 Å². The molecule has 1 aromatic heterocycles. The SMILES string of the molecule is O=C1C(=O)N(C2CC(c3ccccc3)C2)CCN1Cc1ncc(-c2ccccc2)cn1. The topological polar surface area (TPSA) is 66.4 Å². The molecule has 1 aliphatic carbocycles. The van der Waals surface area contributed by atoms with E-state index in [0.717, 1.165) is 24.0 Å². The number of benzene rings is 2. The van der Waals surface area contributed by atoms with Crippen LogP contribution in [0.15, 0.2) is 73.1 Å². The van der Waals surface area contributed by atoms with Gasteiger partial charge in [-0.1, -0.05) is 60.7 Å². The molecule has 0 unspecified atom stereocenters. The van der Waals surface area contributed by atoms with Gasteiger partial charge in [-0.3, -0.25) is 9.59 Å². The largest absolute Gasteiger partial charge is 0.330 e. The molecule has 2 fully saturated rings. The zero-order valence-electron chi connectivity index (χ0n) is 17.2. The van der Waals surface area contributed by atoms with Crippen LogP contribution in [0.3, 0.4) is 0 Å². The van der Waals surface area contributed by atoms with Crippen LogP contribution in [0.25, 0.3) is 11.1 Å². The van der Waals surface area contributed by atoms with Crippen LogP contribution in [-0.4, -0.2) is 50.7 Å². The van der Waals surface area contributed by atoms with Crippen LogP contribution in [0.2, 0.25) is 0 Å². The molecule has 1 saturated heterocycles. The van der Waals surface area contributed by atoms with Crippen LogP contribution in [0.5, 0.6) is 0 Å². The number of amides is 2. The van der Waals surface area contributed by atoms with E-state index in [1.165, 1.54) is 5.56 Å². The number of hydrogen-bond donors (Lipinski definition) is 0. The third kappa shape index (κ3) is 3.93. The van der Waals surface area contributed by atoms with Crippen LogP contribution < -0.4 is 0 Å². The van der Waals surface area contributed by atoms with E-state index in [1.807, 2.05) is 48.5 Å². The van der Waals surface area contributed by atoms with Crippen molar-refractivity contribution >= 4 is 11.8 Å². The number of rotatable bonds is 5. The quantitative estimate of drug-likeness (QED) is 0.604. The summed E-state index contributed by atoms with van der Waals surface area (Å²) in [5.74, 6) is 0.166. The Morgan fingerprint density at radius 3 is 2.10 bits per heavy atom. The molecule has 31 heavy (non-hydrogen) atoms. The summed E-state index contributed by atoms with van der Waals surface area (Å²) in [5, 5.41) is 0. The molecule has 0 N–H and O–H groups in total. The van der Waals surface area contributed by atoms with Gasteiger partial charge in [0.05, 0.1) is 6.54 Å². The molecule has 2 aliphatic rings. The van der Waals surface area contributed by atoms with Gasteiger partial charge in [0.25, 0.3) is 0 Å². The molecule has 2 aromatic carbocycles. The number of carbonyl (C=O) groups is 2. The van der Waals surface area contributed by atoms with Crippen LogP contribution in [0.1, 0.15) is 30.1 Å². The van der Waals surface area contributed by atoms with E-state index in [2.05, 4.69) is 22.1 Å². The highest BCUT2D eigenvalue weighted by Gasteiger charge is 2.42.